The lowest BCUT2D eigenvalue weighted by Crippen LogP contribution is -2.60. The maximum atomic E-state index is 13.2. The Kier molecular flexibility index (Phi) is 4.92. The van der Waals surface area contributed by atoms with Gasteiger partial charge in [-0.15, -0.1) is 0 Å². The molecule has 3 aliphatic heterocycles. The van der Waals surface area contributed by atoms with E-state index in [0.29, 0.717) is 6.54 Å². The molecule has 3 rings (SSSR count). The first-order chi connectivity index (χ1) is 10.5. The van der Waals surface area contributed by atoms with Crippen molar-refractivity contribution in [3.05, 3.63) is 0 Å². The fourth-order valence-corrected chi connectivity index (χ4v) is 4.89. The van der Waals surface area contributed by atoms with Crippen LogP contribution in [0.15, 0.2) is 0 Å². The summed E-state index contributed by atoms with van der Waals surface area (Å²) < 4.78 is 31.8. The van der Waals surface area contributed by atoms with Crippen molar-refractivity contribution in [2.45, 2.75) is 30.3 Å². The third kappa shape index (κ3) is 3.55. The minimum atomic E-state index is -2.77. The summed E-state index contributed by atoms with van der Waals surface area (Å²) >= 11 is 1.89. The molecular formula is C14H23F2N3O2S. The summed E-state index contributed by atoms with van der Waals surface area (Å²) in [6.07, 6.45) is 0.615. The molecule has 8 heteroatoms. The molecule has 1 amide bonds. The van der Waals surface area contributed by atoms with Crippen LogP contribution in [0.1, 0.15) is 12.8 Å². The second-order valence-electron chi connectivity index (χ2n) is 6.34. The van der Waals surface area contributed by atoms with Crippen LogP contribution in [0.5, 0.6) is 0 Å². The Bertz CT molecular complexity index is 413. The number of halogens is 2. The second-order valence-corrected chi connectivity index (χ2v) is 7.44. The highest BCUT2D eigenvalue weighted by Gasteiger charge is 2.44. The molecule has 2 atom stereocenters. The van der Waals surface area contributed by atoms with Crippen molar-refractivity contribution in [2.75, 3.05) is 50.9 Å². The molecule has 3 saturated heterocycles. The zero-order chi connectivity index (χ0) is 15.6. The number of thioether (sulfide) groups is 1. The van der Waals surface area contributed by atoms with Crippen molar-refractivity contribution in [3.63, 3.8) is 0 Å². The predicted octanol–water partition coefficient (Wildman–Crippen LogP) is 0.308. The van der Waals surface area contributed by atoms with Gasteiger partial charge in [0, 0.05) is 37.3 Å². The van der Waals surface area contributed by atoms with Crippen molar-refractivity contribution < 1.29 is 18.3 Å². The lowest BCUT2D eigenvalue weighted by Gasteiger charge is -2.43. The van der Waals surface area contributed by atoms with Gasteiger partial charge < -0.3 is 10.1 Å². The third-order valence-corrected chi connectivity index (χ3v) is 6.02. The maximum Gasteiger partial charge on any atom is 0.262 e. The average molecular weight is 335 g/mol. The predicted molar refractivity (Wildman–Crippen MR) is 81.4 cm³/mol. The van der Waals surface area contributed by atoms with Gasteiger partial charge in [0.05, 0.1) is 25.8 Å². The highest BCUT2D eigenvalue weighted by Crippen LogP contribution is 2.33. The molecule has 3 fully saturated rings. The number of nitrogens with one attached hydrogen (secondary N) is 2. The quantitative estimate of drug-likeness (QED) is 0.774. The fraction of sp³-hybridized carbons (Fsp3) is 0.929. The van der Waals surface area contributed by atoms with Crippen LogP contribution in [0.3, 0.4) is 0 Å². The third-order valence-electron chi connectivity index (χ3n) is 4.78. The second kappa shape index (κ2) is 6.59. The molecule has 3 aliphatic rings. The normalized spacial score (nSPS) is 35.6. The van der Waals surface area contributed by atoms with Crippen molar-refractivity contribution in [1.29, 1.82) is 0 Å². The Balaban J connectivity index is 1.56. The molecule has 2 unspecified atom stereocenters. The van der Waals surface area contributed by atoms with Crippen LogP contribution in [0.2, 0.25) is 0 Å². The number of morpholine rings is 1. The van der Waals surface area contributed by atoms with E-state index in [1.165, 1.54) is 0 Å². The zero-order valence-electron chi connectivity index (χ0n) is 12.6. The molecule has 0 spiro atoms. The minimum Gasteiger partial charge on any atom is -0.379 e. The average Bonchev–Trinajstić information content (AvgIpc) is 3.13. The molecule has 5 nitrogen and oxygen atoms in total. The molecule has 0 aromatic carbocycles. The van der Waals surface area contributed by atoms with Crippen LogP contribution in [-0.2, 0) is 9.53 Å². The number of carbonyl (C=O) groups is 1. The maximum absolute atomic E-state index is 13.2. The number of hydrogen-bond acceptors (Lipinski definition) is 5. The molecule has 3 heterocycles. The minimum absolute atomic E-state index is 0.0504. The number of rotatable bonds is 4. The Morgan fingerprint density at radius 1 is 1.41 bits per heavy atom. The standard InChI is InChI=1S/C14H23F2N3O2S/c15-14(16)7-11(17-9-14)12(20)18-8-13(1-6-22-10-13)19-2-4-21-5-3-19/h11,17H,1-10H2,(H,18,20). The van der Waals surface area contributed by atoms with Crippen LogP contribution < -0.4 is 10.6 Å². The van der Waals surface area contributed by atoms with Gasteiger partial charge in [-0.3, -0.25) is 15.0 Å². The topological polar surface area (TPSA) is 53.6 Å². The monoisotopic (exact) mass is 335 g/mol. The number of ether oxygens (including phenoxy) is 1. The Hall–Kier alpha value is -0.440. The van der Waals surface area contributed by atoms with Gasteiger partial charge in [0.25, 0.3) is 5.92 Å². The Morgan fingerprint density at radius 3 is 2.77 bits per heavy atom. The molecule has 0 radical (unpaired) electrons. The Morgan fingerprint density at radius 2 is 2.18 bits per heavy atom. The lowest BCUT2D eigenvalue weighted by molar-refractivity contribution is -0.124. The van der Waals surface area contributed by atoms with E-state index in [0.717, 1.165) is 44.2 Å². The van der Waals surface area contributed by atoms with Crippen molar-refractivity contribution in [3.8, 4) is 0 Å². The molecule has 126 valence electrons. The molecular weight excluding hydrogens is 312 g/mol. The van der Waals surface area contributed by atoms with Gasteiger partial charge >= 0.3 is 0 Å². The first-order valence-electron chi connectivity index (χ1n) is 7.80. The Labute approximate surface area is 133 Å². The summed E-state index contributed by atoms with van der Waals surface area (Å²) in [6.45, 7) is 3.30. The van der Waals surface area contributed by atoms with E-state index < -0.39 is 24.9 Å². The van der Waals surface area contributed by atoms with Crippen LogP contribution in [-0.4, -0.2) is 79.2 Å². The summed E-state index contributed by atoms with van der Waals surface area (Å²) in [4.78, 5) is 14.6. The van der Waals surface area contributed by atoms with Gasteiger partial charge in [0.15, 0.2) is 0 Å². The SMILES string of the molecule is O=C(NCC1(N2CCOCC2)CCSC1)C1CC(F)(F)CN1. The van der Waals surface area contributed by atoms with E-state index in [9.17, 15) is 13.6 Å². The van der Waals surface area contributed by atoms with Crippen LogP contribution >= 0.6 is 11.8 Å². The van der Waals surface area contributed by atoms with Gasteiger partial charge in [-0.2, -0.15) is 11.8 Å². The molecule has 2 N–H and O–H groups in total. The zero-order valence-corrected chi connectivity index (χ0v) is 13.4. The van der Waals surface area contributed by atoms with Crippen LogP contribution in [0.4, 0.5) is 8.78 Å². The first-order valence-corrected chi connectivity index (χ1v) is 8.96. The van der Waals surface area contributed by atoms with E-state index in [2.05, 4.69) is 15.5 Å². The van der Waals surface area contributed by atoms with Gasteiger partial charge in [0.1, 0.15) is 0 Å². The largest absolute Gasteiger partial charge is 0.379 e. The number of amides is 1. The highest BCUT2D eigenvalue weighted by atomic mass is 32.2. The van der Waals surface area contributed by atoms with E-state index in [1.807, 2.05) is 11.8 Å². The van der Waals surface area contributed by atoms with Crippen molar-refractivity contribution >= 4 is 17.7 Å². The fourth-order valence-electron chi connectivity index (χ4n) is 3.41. The summed E-state index contributed by atoms with van der Waals surface area (Å²) in [5.41, 5.74) is -0.0504. The van der Waals surface area contributed by atoms with E-state index in [4.69, 9.17) is 4.74 Å². The molecule has 0 aliphatic carbocycles. The van der Waals surface area contributed by atoms with Gasteiger partial charge in [-0.1, -0.05) is 0 Å². The number of carbonyl (C=O) groups excluding carboxylic acids is 1. The lowest BCUT2D eigenvalue weighted by atomic mass is 9.95. The van der Waals surface area contributed by atoms with Gasteiger partial charge in [-0.25, -0.2) is 8.78 Å². The summed E-state index contributed by atoms with van der Waals surface area (Å²) in [5, 5.41) is 5.53. The molecule has 0 aromatic rings. The van der Waals surface area contributed by atoms with Gasteiger partial charge in [0.2, 0.25) is 5.91 Å². The number of hydrogen-bond donors (Lipinski definition) is 2. The molecule has 0 aromatic heterocycles. The number of nitrogens with zero attached hydrogens (tertiary/aromatic N) is 1. The first kappa shape index (κ1) is 16.4. The van der Waals surface area contributed by atoms with E-state index in [1.54, 1.807) is 0 Å². The smallest absolute Gasteiger partial charge is 0.262 e. The summed E-state index contributed by atoms with van der Waals surface area (Å²) in [6, 6.07) is -0.772. The van der Waals surface area contributed by atoms with E-state index in [-0.39, 0.29) is 11.4 Å². The van der Waals surface area contributed by atoms with Crippen molar-refractivity contribution in [2.24, 2.45) is 0 Å². The summed E-state index contributed by atoms with van der Waals surface area (Å²) in [7, 11) is 0. The summed E-state index contributed by atoms with van der Waals surface area (Å²) in [5.74, 6) is -1.02. The number of alkyl halides is 2. The molecule has 22 heavy (non-hydrogen) atoms. The molecule has 0 saturated carbocycles. The van der Waals surface area contributed by atoms with Gasteiger partial charge in [-0.05, 0) is 12.2 Å². The molecule has 0 bridgehead atoms. The van der Waals surface area contributed by atoms with Crippen LogP contribution in [0, 0.1) is 0 Å². The highest BCUT2D eigenvalue weighted by molar-refractivity contribution is 7.99. The van der Waals surface area contributed by atoms with Crippen LogP contribution in [0.25, 0.3) is 0 Å². The van der Waals surface area contributed by atoms with E-state index >= 15 is 0 Å². The van der Waals surface area contributed by atoms with Crippen molar-refractivity contribution in [1.82, 2.24) is 15.5 Å².